The molecule has 1 saturated heterocycles. The van der Waals surface area contributed by atoms with Crippen molar-refractivity contribution >= 4 is 29.1 Å². The van der Waals surface area contributed by atoms with E-state index in [9.17, 15) is 14.7 Å². The van der Waals surface area contributed by atoms with Gasteiger partial charge in [-0.25, -0.2) is 4.98 Å². The van der Waals surface area contributed by atoms with Crippen LogP contribution in [0.5, 0.6) is 0 Å². The summed E-state index contributed by atoms with van der Waals surface area (Å²) in [5.41, 5.74) is 1.29. The minimum atomic E-state index is -0.668. The predicted octanol–water partition coefficient (Wildman–Crippen LogP) is 1.11. The Morgan fingerprint density at radius 2 is 1.93 bits per heavy atom. The number of rotatable bonds is 6. The van der Waals surface area contributed by atoms with Crippen molar-refractivity contribution in [3.8, 4) is 0 Å². The number of aromatic nitrogens is 1. The molecule has 1 aromatic heterocycles. The van der Waals surface area contributed by atoms with Gasteiger partial charge in [0.1, 0.15) is 5.76 Å². The third-order valence-electron chi connectivity index (χ3n) is 4.78. The molecule has 1 aliphatic heterocycles. The monoisotopic (exact) mass is 401 g/mol. The van der Waals surface area contributed by atoms with Crippen molar-refractivity contribution in [2.75, 3.05) is 27.2 Å². The van der Waals surface area contributed by atoms with E-state index in [1.165, 1.54) is 4.90 Å². The fourth-order valence-electron chi connectivity index (χ4n) is 3.40. The molecule has 1 amide bonds. The Hall–Kier alpha value is -2.70. The van der Waals surface area contributed by atoms with Crippen molar-refractivity contribution in [1.29, 1.82) is 0 Å². The maximum atomic E-state index is 12.8. The Morgan fingerprint density at radius 3 is 2.54 bits per heavy atom. The number of aliphatic hydroxyl groups is 1. The number of benzene rings is 1. The van der Waals surface area contributed by atoms with Gasteiger partial charge in [-0.05, 0) is 30.3 Å². The van der Waals surface area contributed by atoms with Gasteiger partial charge in [0, 0.05) is 35.2 Å². The molecule has 3 rings (SSSR count). The quantitative estimate of drug-likeness (QED) is 0.432. The van der Waals surface area contributed by atoms with Gasteiger partial charge in [0.25, 0.3) is 11.7 Å². The highest BCUT2D eigenvalue weighted by Crippen LogP contribution is 2.38. The number of likely N-dealkylation sites (tertiary alicyclic amines) is 1. The molecule has 3 N–H and O–H groups in total. The zero-order valence-electron chi connectivity index (χ0n) is 15.9. The average Bonchev–Trinajstić information content (AvgIpc) is 2.93. The van der Waals surface area contributed by atoms with Crippen LogP contribution in [0.15, 0.2) is 54.4 Å². The van der Waals surface area contributed by atoms with E-state index in [-0.39, 0.29) is 11.3 Å². The number of aliphatic hydroxyl groups excluding tert-OH is 1. The summed E-state index contributed by atoms with van der Waals surface area (Å²) in [7, 11) is 4.08. The summed E-state index contributed by atoms with van der Waals surface area (Å²) in [6.45, 7) is 1.31. The summed E-state index contributed by atoms with van der Waals surface area (Å²) < 4.78 is 0. The van der Waals surface area contributed by atoms with Gasteiger partial charge < -0.3 is 14.9 Å². The van der Waals surface area contributed by atoms with E-state index < -0.39 is 17.7 Å². The van der Waals surface area contributed by atoms with Gasteiger partial charge in [-0.15, -0.1) is 0 Å². The highest BCUT2D eigenvalue weighted by atomic mass is 35.5. The molecule has 1 aliphatic rings. The number of hydrogen-bond donors (Lipinski definition) is 2. The lowest BCUT2D eigenvalue weighted by Gasteiger charge is -2.24. The second kappa shape index (κ2) is 8.54. The molecule has 0 bridgehead atoms. The Kier molecular flexibility index (Phi) is 6.11. The van der Waals surface area contributed by atoms with E-state index in [4.69, 9.17) is 11.6 Å². The number of aromatic amines is 1. The molecule has 28 heavy (non-hydrogen) atoms. The van der Waals surface area contributed by atoms with Crippen molar-refractivity contribution in [3.05, 3.63) is 70.5 Å². The number of Topliss-reactive ketones (excluding diaryl/α,β-unsaturated/α-hetero) is 1. The number of hydrogen-bond acceptors (Lipinski definition) is 3. The predicted molar refractivity (Wildman–Crippen MR) is 106 cm³/mol. The van der Waals surface area contributed by atoms with Gasteiger partial charge >= 0.3 is 0 Å². The van der Waals surface area contributed by atoms with Crippen molar-refractivity contribution < 1.29 is 24.6 Å². The van der Waals surface area contributed by atoms with Crippen LogP contribution in [0.2, 0.25) is 5.02 Å². The second-order valence-corrected chi connectivity index (χ2v) is 7.58. The molecule has 0 radical (unpaired) electrons. The molecular formula is C21H24ClN3O3+2. The van der Waals surface area contributed by atoms with Gasteiger partial charge in [0.15, 0.2) is 12.4 Å². The number of quaternary nitrogens is 1. The minimum Gasteiger partial charge on any atom is -0.507 e. The third-order valence-corrected chi connectivity index (χ3v) is 5.03. The first-order valence-electron chi connectivity index (χ1n) is 9.19. The first-order chi connectivity index (χ1) is 13.4. The van der Waals surface area contributed by atoms with Crippen LogP contribution >= 0.6 is 11.6 Å². The molecule has 2 heterocycles. The zero-order valence-corrected chi connectivity index (χ0v) is 16.7. The summed E-state index contributed by atoms with van der Waals surface area (Å²) in [6, 6.07) is 9.55. The molecule has 6 nitrogen and oxygen atoms in total. The lowest BCUT2D eigenvalue weighted by Crippen LogP contribution is -3.05. The molecule has 0 aliphatic carbocycles. The Morgan fingerprint density at radius 1 is 1.21 bits per heavy atom. The second-order valence-electron chi connectivity index (χ2n) is 7.15. The van der Waals surface area contributed by atoms with Crippen LogP contribution in [0, 0.1) is 0 Å². The van der Waals surface area contributed by atoms with Gasteiger partial charge in [-0.1, -0.05) is 11.6 Å². The molecule has 2 aromatic rings. The maximum absolute atomic E-state index is 12.8. The lowest BCUT2D eigenvalue weighted by atomic mass is 9.96. The highest BCUT2D eigenvalue weighted by molar-refractivity contribution is 6.46. The van der Waals surface area contributed by atoms with E-state index in [1.807, 2.05) is 26.2 Å². The maximum Gasteiger partial charge on any atom is 0.295 e. The smallest absolute Gasteiger partial charge is 0.295 e. The summed E-state index contributed by atoms with van der Waals surface area (Å²) in [6.07, 6.45) is 4.25. The largest absolute Gasteiger partial charge is 0.507 e. The van der Waals surface area contributed by atoms with Crippen molar-refractivity contribution in [1.82, 2.24) is 4.90 Å². The molecule has 0 spiro atoms. The molecule has 1 unspecified atom stereocenters. The van der Waals surface area contributed by atoms with Crippen molar-refractivity contribution in [2.45, 2.75) is 12.5 Å². The Bertz CT molecular complexity index is 895. The molecule has 146 valence electrons. The van der Waals surface area contributed by atoms with E-state index in [2.05, 4.69) is 4.98 Å². The summed E-state index contributed by atoms with van der Waals surface area (Å²) in [5, 5.41) is 11.4. The number of halogens is 1. The summed E-state index contributed by atoms with van der Waals surface area (Å²) in [5.74, 6) is -1.44. The van der Waals surface area contributed by atoms with Crippen molar-refractivity contribution in [2.24, 2.45) is 0 Å². The van der Waals surface area contributed by atoms with E-state index >= 15 is 0 Å². The molecule has 0 saturated carbocycles. The summed E-state index contributed by atoms with van der Waals surface area (Å²) in [4.78, 5) is 31.4. The van der Waals surface area contributed by atoms with Gasteiger partial charge in [0.2, 0.25) is 0 Å². The van der Waals surface area contributed by atoms with Crippen LogP contribution in [-0.4, -0.2) is 48.9 Å². The normalized spacial score (nSPS) is 18.9. The fraction of sp³-hybridized carbons (Fsp3) is 0.286. The number of pyridine rings is 1. The van der Waals surface area contributed by atoms with Crippen LogP contribution < -0.4 is 9.88 Å². The van der Waals surface area contributed by atoms with E-state index in [0.29, 0.717) is 17.1 Å². The van der Waals surface area contributed by atoms with Crippen LogP contribution in [-0.2, 0) is 9.59 Å². The van der Waals surface area contributed by atoms with Gasteiger partial charge in [-0.3, -0.25) is 9.59 Å². The van der Waals surface area contributed by atoms with Gasteiger partial charge in [-0.2, -0.15) is 0 Å². The number of H-pyrrole nitrogens is 1. The Balaban J connectivity index is 2.06. The number of ketones is 1. The number of nitrogens with zero attached hydrogens (tertiary/aromatic N) is 1. The fourth-order valence-corrected chi connectivity index (χ4v) is 3.53. The summed E-state index contributed by atoms with van der Waals surface area (Å²) >= 11 is 5.93. The van der Waals surface area contributed by atoms with Crippen LogP contribution in [0.4, 0.5) is 0 Å². The first kappa shape index (κ1) is 20.0. The molecule has 7 heteroatoms. The number of carbonyl (C=O) groups excluding carboxylic acids is 2. The Labute approximate surface area is 169 Å². The minimum absolute atomic E-state index is 0.101. The van der Waals surface area contributed by atoms with Gasteiger partial charge in [0.05, 0.1) is 32.3 Å². The molecule has 1 atom stereocenters. The van der Waals surface area contributed by atoms with Crippen molar-refractivity contribution in [3.63, 3.8) is 0 Å². The SMILES string of the molecule is C[NH+](C)CCCN1C(=O)C(=O)C(=C(O)c2ccc(Cl)cc2)C1c1ccc[nH+]c1. The van der Waals surface area contributed by atoms with Crippen LogP contribution in [0.1, 0.15) is 23.6 Å². The first-order valence-corrected chi connectivity index (χ1v) is 9.57. The number of carbonyl (C=O) groups is 2. The van der Waals surface area contributed by atoms with Crippen LogP contribution in [0.3, 0.4) is 0 Å². The topological polar surface area (TPSA) is 76.2 Å². The molecule has 1 aromatic carbocycles. The average molecular weight is 402 g/mol. The number of nitrogens with one attached hydrogen (secondary N) is 2. The standard InChI is InChI=1S/C21H22ClN3O3/c1-24(2)11-4-12-25-18(15-5-3-10-23-13-15)17(20(27)21(25)28)19(26)14-6-8-16(22)9-7-14/h3,5-10,13,18,26H,4,11-12H2,1-2H3/p+2. The third kappa shape index (κ3) is 4.08. The molecular weight excluding hydrogens is 378 g/mol. The van der Waals surface area contributed by atoms with E-state index in [0.717, 1.165) is 18.5 Å². The zero-order chi connectivity index (χ0) is 20.3. The lowest BCUT2D eigenvalue weighted by molar-refractivity contribution is -0.858. The molecule has 1 fully saturated rings. The highest BCUT2D eigenvalue weighted by Gasteiger charge is 2.46. The van der Waals surface area contributed by atoms with Crippen LogP contribution in [0.25, 0.3) is 5.76 Å². The van der Waals surface area contributed by atoms with E-state index in [1.54, 1.807) is 41.6 Å². The number of amides is 1.